The number of carbonyl (C=O) groups excluding carboxylic acids is 2. The number of hydrogen-bond donors (Lipinski definition) is 2. The molecule has 1 aliphatic rings. The number of nitrogens with zero attached hydrogens (tertiary/aromatic N) is 1. The molecule has 2 N–H and O–H groups in total. The van der Waals surface area contributed by atoms with Gasteiger partial charge >= 0.3 is 0 Å². The van der Waals surface area contributed by atoms with Crippen LogP contribution in [-0.2, 0) is 22.2 Å². The van der Waals surface area contributed by atoms with Gasteiger partial charge in [-0.25, -0.2) is 0 Å². The van der Waals surface area contributed by atoms with Crippen LogP contribution in [0.1, 0.15) is 93.8 Å². The molecule has 5 nitrogen and oxygen atoms in total. The Morgan fingerprint density at radius 2 is 1.56 bits per heavy atom. The Bertz CT molecular complexity index is 1070. The van der Waals surface area contributed by atoms with Gasteiger partial charge in [0, 0.05) is 12.1 Å². The quantitative estimate of drug-likeness (QED) is 0.595. The zero-order valence-corrected chi connectivity index (χ0v) is 21.1. The van der Waals surface area contributed by atoms with Crippen LogP contribution in [-0.4, -0.2) is 17.4 Å². The van der Waals surface area contributed by atoms with Crippen LogP contribution >= 0.6 is 0 Å². The lowest BCUT2D eigenvalue weighted by Crippen LogP contribution is -2.59. The molecule has 34 heavy (non-hydrogen) atoms. The molecule has 1 saturated carbocycles. The van der Waals surface area contributed by atoms with E-state index in [1.54, 1.807) is 6.07 Å². The minimum absolute atomic E-state index is 0.131. The van der Waals surface area contributed by atoms with Crippen LogP contribution in [0.25, 0.3) is 0 Å². The third-order valence-electron chi connectivity index (χ3n) is 6.85. The zero-order chi connectivity index (χ0) is 25.0. The van der Waals surface area contributed by atoms with Gasteiger partial charge in [-0.3, -0.25) is 9.59 Å². The van der Waals surface area contributed by atoms with Crippen molar-refractivity contribution in [2.75, 3.05) is 0 Å². The van der Waals surface area contributed by atoms with Gasteiger partial charge < -0.3 is 10.6 Å². The average molecular weight is 460 g/mol. The lowest BCUT2D eigenvalue weighted by Gasteiger charge is -2.37. The molecule has 0 spiro atoms. The second-order valence-electron chi connectivity index (χ2n) is 11.1. The van der Waals surface area contributed by atoms with Gasteiger partial charge in [0.1, 0.15) is 5.54 Å². The molecule has 2 aromatic rings. The molecule has 2 amide bonds. The summed E-state index contributed by atoms with van der Waals surface area (Å²) in [6, 6.07) is 17.8. The van der Waals surface area contributed by atoms with E-state index in [1.165, 1.54) is 0 Å². The first-order valence-electron chi connectivity index (χ1n) is 12.2. The van der Waals surface area contributed by atoms with Crippen LogP contribution in [0.2, 0.25) is 0 Å². The van der Waals surface area contributed by atoms with Gasteiger partial charge in [0.15, 0.2) is 0 Å². The molecular weight excluding hydrogens is 422 g/mol. The number of hydrogen-bond acceptors (Lipinski definition) is 3. The number of nitriles is 1. The van der Waals surface area contributed by atoms with Crippen LogP contribution in [0.3, 0.4) is 0 Å². The van der Waals surface area contributed by atoms with E-state index in [0.29, 0.717) is 24.9 Å². The maximum absolute atomic E-state index is 13.6. The maximum Gasteiger partial charge on any atom is 0.252 e. The van der Waals surface area contributed by atoms with Crippen molar-refractivity contribution in [3.63, 3.8) is 0 Å². The molecule has 3 rings (SSSR count). The van der Waals surface area contributed by atoms with E-state index in [1.807, 2.05) is 56.3 Å². The highest BCUT2D eigenvalue weighted by Crippen LogP contribution is 2.32. The van der Waals surface area contributed by atoms with Gasteiger partial charge in [0.2, 0.25) is 5.91 Å². The van der Waals surface area contributed by atoms with Gasteiger partial charge in [-0.2, -0.15) is 5.26 Å². The smallest absolute Gasteiger partial charge is 0.252 e. The Balaban J connectivity index is 1.90. The number of benzene rings is 2. The van der Waals surface area contributed by atoms with Crippen molar-refractivity contribution in [3.05, 3.63) is 70.8 Å². The largest absolute Gasteiger partial charge is 0.350 e. The monoisotopic (exact) mass is 459 g/mol. The summed E-state index contributed by atoms with van der Waals surface area (Å²) in [6.45, 7) is 10.4. The van der Waals surface area contributed by atoms with Crippen molar-refractivity contribution in [1.82, 2.24) is 10.6 Å². The minimum Gasteiger partial charge on any atom is -0.350 e. The van der Waals surface area contributed by atoms with E-state index < -0.39 is 11.0 Å². The van der Waals surface area contributed by atoms with Crippen molar-refractivity contribution in [2.24, 2.45) is 0 Å². The molecule has 1 fully saturated rings. The summed E-state index contributed by atoms with van der Waals surface area (Å²) in [5.74, 6) is -0.396. The Kier molecular flexibility index (Phi) is 7.51. The summed E-state index contributed by atoms with van der Waals surface area (Å²) in [7, 11) is 0. The maximum atomic E-state index is 13.6. The molecule has 0 atom stereocenters. The fourth-order valence-corrected chi connectivity index (χ4v) is 4.42. The molecule has 0 heterocycles. The van der Waals surface area contributed by atoms with Crippen molar-refractivity contribution in [1.29, 1.82) is 5.26 Å². The molecule has 0 aliphatic heterocycles. The average Bonchev–Trinajstić information content (AvgIpc) is 2.82. The first-order chi connectivity index (χ1) is 16.0. The van der Waals surface area contributed by atoms with Crippen LogP contribution in [0.4, 0.5) is 0 Å². The van der Waals surface area contributed by atoms with Gasteiger partial charge in [-0.15, -0.1) is 0 Å². The second kappa shape index (κ2) is 10.0. The van der Waals surface area contributed by atoms with Crippen molar-refractivity contribution in [3.8, 4) is 6.07 Å². The van der Waals surface area contributed by atoms with Crippen molar-refractivity contribution < 1.29 is 9.59 Å². The fraction of sp³-hybridized carbons (Fsp3) is 0.483. The Morgan fingerprint density at radius 3 is 2.15 bits per heavy atom. The third-order valence-corrected chi connectivity index (χ3v) is 6.85. The van der Waals surface area contributed by atoms with E-state index in [4.69, 9.17) is 0 Å². The topological polar surface area (TPSA) is 82.0 Å². The Hall–Kier alpha value is -3.13. The SMILES string of the molecule is CC(C)(C)c1cc(C(=O)NC2(C(=O)NCc3ccccc3)CCCCC2)cc(C(C)(C)C#N)c1. The summed E-state index contributed by atoms with van der Waals surface area (Å²) in [5.41, 5.74) is 1.47. The van der Waals surface area contributed by atoms with Gasteiger partial charge in [-0.05, 0) is 60.9 Å². The van der Waals surface area contributed by atoms with Crippen LogP contribution < -0.4 is 10.6 Å². The number of carbonyl (C=O) groups is 2. The van der Waals surface area contributed by atoms with E-state index in [-0.39, 0.29) is 17.2 Å². The molecule has 180 valence electrons. The predicted molar refractivity (Wildman–Crippen MR) is 135 cm³/mol. The normalized spacial score (nSPS) is 15.8. The van der Waals surface area contributed by atoms with Crippen LogP contribution in [0.5, 0.6) is 0 Å². The van der Waals surface area contributed by atoms with Gasteiger partial charge in [0.25, 0.3) is 5.91 Å². The molecule has 0 saturated heterocycles. The number of rotatable bonds is 6. The molecule has 2 aromatic carbocycles. The van der Waals surface area contributed by atoms with E-state index in [2.05, 4.69) is 37.5 Å². The standard InChI is InChI=1S/C29H37N3O2/c1-27(2,3)23-16-22(17-24(18-23)28(4,5)20-30)25(33)32-29(14-10-7-11-15-29)26(34)31-19-21-12-8-6-9-13-21/h6,8-9,12-13,16-18H,7,10-11,14-15,19H2,1-5H3,(H,31,34)(H,32,33). The summed E-state index contributed by atoms with van der Waals surface area (Å²) >= 11 is 0. The van der Waals surface area contributed by atoms with E-state index >= 15 is 0 Å². The summed E-state index contributed by atoms with van der Waals surface area (Å²) in [6.07, 6.45) is 4.09. The minimum atomic E-state index is -0.924. The fourth-order valence-electron chi connectivity index (χ4n) is 4.42. The molecule has 0 aromatic heterocycles. The molecule has 0 bridgehead atoms. The number of amides is 2. The first-order valence-corrected chi connectivity index (χ1v) is 12.2. The molecule has 1 aliphatic carbocycles. The first kappa shape index (κ1) is 25.5. The summed E-state index contributed by atoms with van der Waals surface area (Å²) in [5, 5.41) is 15.9. The summed E-state index contributed by atoms with van der Waals surface area (Å²) in [4.78, 5) is 27.0. The lowest BCUT2D eigenvalue weighted by atomic mass is 9.78. The molecule has 5 heteroatoms. The highest BCUT2D eigenvalue weighted by Gasteiger charge is 2.41. The summed E-state index contributed by atoms with van der Waals surface area (Å²) < 4.78 is 0. The van der Waals surface area contributed by atoms with Gasteiger partial charge in [-0.1, -0.05) is 76.4 Å². The Morgan fingerprint density at radius 1 is 0.941 bits per heavy atom. The van der Waals surface area contributed by atoms with Crippen LogP contribution in [0, 0.1) is 11.3 Å². The van der Waals surface area contributed by atoms with Gasteiger partial charge in [0.05, 0.1) is 11.5 Å². The highest BCUT2D eigenvalue weighted by atomic mass is 16.2. The van der Waals surface area contributed by atoms with Crippen molar-refractivity contribution >= 4 is 11.8 Å². The number of nitrogens with one attached hydrogen (secondary N) is 2. The Labute approximate surface area is 204 Å². The highest BCUT2D eigenvalue weighted by molar-refractivity contribution is 5.99. The van der Waals surface area contributed by atoms with E-state index in [0.717, 1.165) is 36.0 Å². The zero-order valence-electron chi connectivity index (χ0n) is 21.1. The van der Waals surface area contributed by atoms with E-state index in [9.17, 15) is 14.9 Å². The third kappa shape index (κ3) is 5.86. The molecule has 0 radical (unpaired) electrons. The molecular formula is C29H37N3O2. The molecule has 0 unspecified atom stereocenters. The van der Waals surface area contributed by atoms with Crippen molar-refractivity contribution in [2.45, 2.75) is 89.6 Å². The predicted octanol–water partition coefficient (Wildman–Crippen LogP) is 5.53. The lowest BCUT2D eigenvalue weighted by molar-refractivity contribution is -0.128. The second-order valence-corrected chi connectivity index (χ2v) is 11.1. The van der Waals surface area contributed by atoms with Crippen LogP contribution in [0.15, 0.2) is 48.5 Å².